The van der Waals surface area contributed by atoms with E-state index in [-0.39, 0.29) is 0 Å². The summed E-state index contributed by atoms with van der Waals surface area (Å²) in [5, 5.41) is 8.61. The lowest BCUT2D eigenvalue weighted by Crippen LogP contribution is -2.02. The van der Waals surface area contributed by atoms with Crippen molar-refractivity contribution in [1.29, 1.82) is 0 Å². The van der Waals surface area contributed by atoms with E-state index in [2.05, 4.69) is 43.6 Å². The Morgan fingerprint density at radius 2 is 2.28 bits per heavy atom. The first-order valence-corrected chi connectivity index (χ1v) is 6.73. The van der Waals surface area contributed by atoms with Crippen molar-refractivity contribution in [1.82, 2.24) is 10.2 Å². The molecule has 0 fully saturated rings. The van der Waals surface area contributed by atoms with Gasteiger partial charge in [-0.2, -0.15) is 5.10 Å². The van der Waals surface area contributed by atoms with Crippen molar-refractivity contribution in [2.24, 2.45) is 0 Å². The number of nitrogens with zero attached hydrogens (tertiary/aromatic N) is 1. The number of hydrogen-bond donors (Lipinski definition) is 1. The molecule has 0 amide bonds. The molecule has 2 nitrogen and oxygen atoms in total. The van der Waals surface area contributed by atoms with E-state index in [4.69, 9.17) is 0 Å². The van der Waals surface area contributed by atoms with E-state index >= 15 is 0 Å². The Balaban J connectivity index is 2.34. The van der Waals surface area contributed by atoms with Crippen molar-refractivity contribution in [2.45, 2.75) is 45.4 Å². The number of rotatable bonds is 2. The molecule has 0 spiro atoms. The highest BCUT2D eigenvalue weighted by Crippen LogP contribution is 2.44. The highest BCUT2D eigenvalue weighted by molar-refractivity contribution is 5.85. The van der Waals surface area contributed by atoms with Crippen LogP contribution in [0.15, 0.2) is 24.4 Å². The summed E-state index contributed by atoms with van der Waals surface area (Å²) in [5.74, 6) is 1.07. The molecule has 94 valence electrons. The van der Waals surface area contributed by atoms with Crippen LogP contribution in [0.3, 0.4) is 0 Å². The topological polar surface area (TPSA) is 28.7 Å². The first kappa shape index (κ1) is 11.5. The van der Waals surface area contributed by atoms with Crippen molar-refractivity contribution in [3.05, 3.63) is 41.1 Å². The lowest BCUT2D eigenvalue weighted by Gasteiger charge is -2.19. The number of nitrogens with one attached hydrogen (secondary N) is 1. The van der Waals surface area contributed by atoms with Crippen LogP contribution in [-0.4, -0.2) is 10.2 Å². The normalized spacial score (nSPS) is 18.6. The molecule has 0 aliphatic heterocycles. The molecule has 2 heteroatoms. The Morgan fingerprint density at radius 1 is 1.50 bits per heavy atom. The lowest BCUT2D eigenvalue weighted by molar-refractivity contribution is 0.755. The maximum absolute atomic E-state index is 4.21. The number of aromatic nitrogens is 2. The smallest absolute Gasteiger partial charge is 0.0656 e. The van der Waals surface area contributed by atoms with Crippen LogP contribution in [0.5, 0.6) is 0 Å². The molecule has 3 rings (SSSR count). The summed E-state index contributed by atoms with van der Waals surface area (Å²) in [6.07, 6.45) is 4.35. The zero-order chi connectivity index (χ0) is 12.9. The Labute approximate surface area is 108 Å². The zero-order valence-corrected chi connectivity index (χ0v) is 11.4. The molecule has 1 aromatic carbocycles. The molecule has 0 radical (unpaired) electrons. The minimum absolute atomic E-state index is 0.528. The summed E-state index contributed by atoms with van der Waals surface area (Å²) in [6.45, 7) is 10.9. The van der Waals surface area contributed by atoms with Gasteiger partial charge in [0.2, 0.25) is 0 Å². The van der Waals surface area contributed by atoms with E-state index in [1.807, 2.05) is 6.20 Å². The van der Waals surface area contributed by atoms with E-state index in [1.165, 1.54) is 46.0 Å². The van der Waals surface area contributed by atoms with E-state index in [0.717, 1.165) is 0 Å². The molecule has 1 atom stereocenters. The minimum Gasteiger partial charge on any atom is -0.278 e. The molecule has 2 aromatic rings. The van der Waals surface area contributed by atoms with Crippen molar-refractivity contribution in [3.63, 3.8) is 0 Å². The van der Waals surface area contributed by atoms with Crippen LogP contribution in [0.1, 0.15) is 55.7 Å². The third-order valence-corrected chi connectivity index (χ3v) is 4.14. The third kappa shape index (κ3) is 1.52. The highest BCUT2D eigenvalue weighted by Gasteiger charge is 2.28. The van der Waals surface area contributed by atoms with Gasteiger partial charge in [-0.15, -0.1) is 0 Å². The average molecular weight is 240 g/mol. The molecule has 1 heterocycles. The summed E-state index contributed by atoms with van der Waals surface area (Å²) in [5.41, 5.74) is 6.97. The molecule has 1 aliphatic carbocycles. The molecule has 0 saturated carbocycles. The predicted molar refractivity (Wildman–Crippen MR) is 76.1 cm³/mol. The largest absolute Gasteiger partial charge is 0.278 e. The number of aryl methyl sites for hydroxylation is 1. The van der Waals surface area contributed by atoms with Gasteiger partial charge in [-0.25, -0.2) is 0 Å². The van der Waals surface area contributed by atoms with Gasteiger partial charge in [0, 0.05) is 11.3 Å². The van der Waals surface area contributed by atoms with E-state index in [1.54, 1.807) is 0 Å². The second kappa shape index (κ2) is 3.98. The van der Waals surface area contributed by atoms with Crippen molar-refractivity contribution in [3.8, 4) is 0 Å². The fraction of sp³-hybridized carbons (Fsp3) is 0.438. The second-order valence-electron chi connectivity index (χ2n) is 5.79. The summed E-state index contributed by atoms with van der Waals surface area (Å²) in [4.78, 5) is 0. The Hall–Kier alpha value is -1.57. The molecule has 18 heavy (non-hydrogen) atoms. The van der Waals surface area contributed by atoms with Crippen LogP contribution in [-0.2, 0) is 6.42 Å². The van der Waals surface area contributed by atoms with Crippen molar-refractivity contribution >= 4 is 10.9 Å². The van der Waals surface area contributed by atoms with Crippen LogP contribution >= 0.6 is 0 Å². The quantitative estimate of drug-likeness (QED) is 0.779. The van der Waals surface area contributed by atoms with Crippen LogP contribution in [0.2, 0.25) is 0 Å². The Bertz CT molecular complexity index is 619. The van der Waals surface area contributed by atoms with Crippen LogP contribution in [0.25, 0.3) is 10.9 Å². The molecule has 1 unspecified atom stereocenters. The van der Waals surface area contributed by atoms with E-state index in [0.29, 0.717) is 11.8 Å². The number of benzene rings is 1. The Kier molecular flexibility index (Phi) is 2.54. The van der Waals surface area contributed by atoms with Crippen LogP contribution in [0, 0.1) is 0 Å². The molecular formula is C16H20N2. The molecule has 0 bridgehead atoms. The first-order chi connectivity index (χ1) is 8.59. The lowest BCUT2D eigenvalue weighted by atomic mass is 9.85. The molecule has 0 saturated heterocycles. The predicted octanol–water partition coefficient (Wildman–Crippen LogP) is 4.29. The maximum Gasteiger partial charge on any atom is 0.0656 e. The fourth-order valence-electron chi connectivity index (χ4n) is 3.37. The summed E-state index contributed by atoms with van der Waals surface area (Å²) in [6, 6.07) is 2.28. The number of hydrogen-bond acceptors (Lipinski definition) is 1. The van der Waals surface area contributed by atoms with Gasteiger partial charge < -0.3 is 0 Å². The molecule has 1 N–H and O–H groups in total. The molecular weight excluding hydrogens is 220 g/mol. The van der Waals surface area contributed by atoms with Crippen LogP contribution < -0.4 is 0 Å². The van der Waals surface area contributed by atoms with Gasteiger partial charge in [0.05, 0.1) is 11.7 Å². The maximum atomic E-state index is 4.21. The fourth-order valence-corrected chi connectivity index (χ4v) is 3.37. The number of H-pyrrole nitrogens is 1. The van der Waals surface area contributed by atoms with Gasteiger partial charge in [-0.3, -0.25) is 5.10 Å². The Morgan fingerprint density at radius 3 is 2.94 bits per heavy atom. The van der Waals surface area contributed by atoms with Crippen molar-refractivity contribution < 1.29 is 0 Å². The molecule has 1 aliphatic rings. The average Bonchev–Trinajstić information content (AvgIpc) is 2.89. The second-order valence-corrected chi connectivity index (χ2v) is 5.79. The number of allylic oxidation sites excluding steroid dienone is 1. The van der Waals surface area contributed by atoms with Gasteiger partial charge in [0.1, 0.15) is 0 Å². The standard InChI is InChI=1S/C16H20N2/c1-9(2)12-6-5-11-7-14-13(8-17-18-14)15(10(3)4)16(11)12/h7-8,10,12H,1,5-6H2,2-4H3,(H,17,18). The van der Waals surface area contributed by atoms with Gasteiger partial charge >= 0.3 is 0 Å². The zero-order valence-electron chi connectivity index (χ0n) is 11.4. The van der Waals surface area contributed by atoms with Crippen molar-refractivity contribution in [2.75, 3.05) is 0 Å². The first-order valence-electron chi connectivity index (χ1n) is 6.73. The van der Waals surface area contributed by atoms with Gasteiger partial charge in [-0.1, -0.05) is 26.0 Å². The highest BCUT2D eigenvalue weighted by atomic mass is 15.1. The monoisotopic (exact) mass is 240 g/mol. The van der Waals surface area contributed by atoms with Gasteiger partial charge in [-0.05, 0) is 48.4 Å². The number of fused-ring (bicyclic) bond motifs is 2. The van der Waals surface area contributed by atoms with Gasteiger partial charge in [0.25, 0.3) is 0 Å². The van der Waals surface area contributed by atoms with Crippen LogP contribution in [0.4, 0.5) is 0 Å². The summed E-state index contributed by atoms with van der Waals surface area (Å²) >= 11 is 0. The SMILES string of the molecule is C=C(C)C1CCc2cc3[nH]ncc3c(C(C)C)c21. The summed E-state index contributed by atoms with van der Waals surface area (Å²) in [7, 11) is 0. The molecule has 1 aromatic heterocycles. The summed E-state index contributed by atoms with van der Waals surface area (Å²) < 4.78 is 0. The van der Waals surface area contributed by atoms with E-state index in [9.17, 15) is 0 Å². The number of aromatic amines is 1. The van der Waals surface area contributed by atoms with Gasteiger partial charge in [0.15, 0.2) is 0 Å². The van der Waals surface area contributed by atoms with E-state index < -0.39 is 0 Å². The third-order valence-electron chi connectivity index (χ3n) is 4.14. The minimum atomic E-state index is 0.528.